The highest BCUT2D eigenvalue weighted by Gasteiger charge is 2.53. The van der Waals surface area contributed by atoms with Gasteiger partial charge in [0.1, 0.15) is 11.6 Å². The summed E-state index contributed by atoms with van der Waals surface area (Å²) in [5, 5.41) is 0. The molecule has 5 heterocycles. The monoisotopic (exact) mass is 539 g/mol. The zero-order chi connectivity index (χ0) is 27.3. The minimum Gasteiger partial charge on any atom is -0.383 e. The fraction of sp³-hybridized carbons (Fsp3) is 0.607. The number of fused-ring (bicyclic) bond motifs is 3. The van der Waals surface area contributed by atoms with Gasteiger partial charge < -0.3 is 24.3 Å². The van der Waals surface area contributed by atoms with E-state index in [1.165, 1.54) is 0 Å². The molecule has 2 fully saturated rings. The average molecular weight is 540 g/mol. The third-order valence-electron chi connectivity index (χ3n) is 9.14. The van der Waals surface area contributed by atoms with E-state index in [0.29, 0.717) is 49.7 Å². The first-order chi connectivity index (χ1) is 18.8. The molecule has 11 heteroatoms. The summed E-state index contributed by atoms with van der Waals surface area (Å²) < 4.78 is 21.1. The summed E-state index contributed by atoms with van der Waals surface area (Å²) in [7, 11) is 5.43. The molecular formula is C28H38FN7O3. The van der Waals surface area contributed by atoms with Gasteiger partial charge in [-0.2, -0.15) is 4.98 Å². The second kappa shape index (κ2) is 10.1. The van der Waals surface area contributed by atoms with Crippen molar-refractivity contribution in [1.29, 1.82) is 0 Å². The second-order valence-electron chi connectivity index (χ2n) is 11.3. The lowest BCUT2D eigenvalue weighted by molar-refractivity contribution is -0.123. The number of nitrogens with one attached hydrogen (secondary N) is 1. The number of methoxy groups -OCH3 is 1. The van der Waals surface area contributed by atoms with Crippen LogP contribution in [0.2, 0.25) is 0 Å². The Morgan fingerprint density at radius 3 is 2.49 bits per heavy atom. The molecule has 4 aliphatic rings. The number of amides is 1. The molecule has 1 N–H and O–H groups in total. The van der Waals surface area contributed by atoms with Gasteiger partial charge in [-0.25, -0.2) is 4.39 Å². The molecule has 210 valence electrons. The predicted octanol–water partition coefficient (Wildman–Crippen LogP) is 1.57. The number of hydrogen-bond acceptors (Lipinski definition) is 8. The number of piperazine rings is 1. The van der Waals surface area contributed by atoms with Crippen LogP contribution in [-0.4, -0.2) is 101 Å². The molecule has 0 radical (unpaired) electrons. The minimum atomic E-state index is -0.895. The summed E-state index contributed by atoms with van der Waals surface area (Å²) in [6.07, 6.45) is 2.60. The number of nitrogens with zero attached hydrogens (tertiary/aromatic N) is 6. The number of hydrogen-bond donors (Lipinski definition) is 1. The van der Waals surface area contributed by atoms with Crippen LogP contribution in [-0.2, 0) is 21.4 Å². The van der Waals surface area contributed by atoms with E-state index in [1.54, 1.807) is 25.1 Å². The van der Waals surface area contributed by atoms with E-state index in [4.69, 9.17) is 9.72 Å². The number of rotatable bonds is 5. The highest BCUT2D eigenvalue weighted by atomic mass is 19.1. The summed E-state index contributed by atoms with van der Waals surface area (Å²) >= 11 is 0. The molecule has 1 amide bonds. The van der Waals surface area contributed by atoms with Gasteiger partial charge in [0.25, 0.3) is 5.56 Å². The van der Waals surface area contributed by atoms with Crippen LogP contribution in [0.1, 0.15) is 30.4 Å². The highest BCUT2D eigenvalue weighted by molar-refractivity contribution is 6.08. The molecule has 39 heavy (non-hydrogen) atoms. The fourth-order valence-electron chi connectivity index (χ4n) is 6.81. The molecule has 2 aromatic rings. The zero-order valence-corrected chi connectivity index (χ0v) is 23.1. The third-order valence-corrected chi connectivity index (χ3v) is 9.14. The van der Waals surface area contributed by atoms with Gasteiger partial charge in [-0.05, 0) is 37.8 Å². The molecule has 1 spiro atoms. The van der Waals surface area contributed by atoms with Crippen molar-refractivity contribution < 1.29 is 13.9 Å². The number of piperidine rings is 1. The van der Waals surface area contributed by atoms with Crippen LogP contribution >= 0.6 is 0 Å². The number of benzene rings is 1. The first-order valence-electron chi connectivity index (χ1n) is 14.0. The zero-order valence-electron chi connectivity index (χ0n) is 23.1. The van der Waals surface area contributed by atoms with Crippen molar-refractivity contribution >= 4 is 29.0 Å². The molecule has 6 rings (SSSR count). The van der Waals surface area contributed by atoms with Gasteiger partial charge in [0.15, 0.2) is 0 Å². The van der Waals surface area contributed by atoms with Crippen LogP contribution in [0.3, 0.4) is 0 Å². The first kappa shape index (κ1) is 26.1. The molecule has 4 aliphatic heterocycles. The smallest absolute Gasteiger partial charge is 0.257 e. The van der Waals surface area contributed by atoms with Gasteiger partial charge in [0.2, 0.25) is 11.9 Å². The summed E-state index contributed by atoms with van der Waals surface area (Å²) in [5.74, 6) is 0.906. The van der Waals surface area contributed by atoms with Crippen molar-refractivity contribution in [2.75, 3.05) is 99.8 Å². The van der Waals surface area contributed by atoms with E-state index in [9.17, 15) is 9.59 Å². The number of carbonyl (C=O) groups is 1. The number of ether oxygens (including phenoxy) is 1. The maximum absolute atomic E-state index is 15.9. The van der Waals surface area contributed by atoms with Gasteiger partial charge in [0.05, 0.1) is 23.3 Å². The van der Waals surface area contributed by atoms with E-state index >= 15 is 4.39 Å². The van der Waals surface area contributed by atoms with Crippen LogP contribution in [0.5, 0.6) is 0 Å². The predicted molar refractivity (Wildman–Crippen MR) is 150 cm³/mol. The van der Waals surface area contributed by atoms with Crippen LogP contribution < -0.4 is 25.2 Å². The van der Waals surface area contributed by atoms with E-state index in [1.807, 2.05) is 22.9 Å². The van der Waals surface area contributed by atoms with Gasteiger partial charge in [-0.1, -0.05) is 0 Å². The summed E-state index contributed by atoms with van der Waals surface area (Å²) in [6.45, 7) is 6.89. The molecule has 10 nitrogen and oxygen atoms in total. The lowest BCUT2D eigenvalue weighted by atomic mass is 9.73. The minimum absolute atomic E-state index is 0.0517. The number of H-pyrrole nitrogens is 1. The largest absolute Gasteiger partial charge is 0.383 e. The Morgan fingerprint density at radius 1 is 1.03 bits per heavy atom. The molecule has 0 aliphatic carbocycles. The molecule has 0 bridgehead atoms. The summed E-state index contributed by atoms with van der Waals surface area (Å²) in [6, 6.07) is 3.60. The van der Waals surface area contributed by atoms with Crippen molar-refractivity contribution in [2.45, 2.75) is 31.1 Å². The Morgan fingerprint density at radius 2 is 1.77 bits per heavy atom. The SMILES string of the molecule is COCCN1CCN(c2cc(F)c3c(c2)N(C)C(=O)C32CCN(c3nc4c(c(=O)[nH]3)CCCN4C)CC2)CC1. The number of carbonyl (C=O) groups excluding carboxylic acids is 1. The Balaban J connectivity index is 1.22. The third kappa shape index (κ3) is 4.35. The van der Waals surface area contributed by atoms with Crippen molar-refractivity contribution in [2.24, 2.45) is 0 Å². The summed E-state index contributed by atoms with van der Waals surface area (Å²) in [5.41, 5.74) is 1.76. The Kier molecular flexibility index (Phi) is 6.74. The second-order valence-corrected chi connectivity index (χ2v) is 11.3. The maximum atomic E-state index is 15.9. The van der Waals surface area contributed by atoms with Gasteiger partial charge in [-0.15, -0.1) is 0 Å². The van der Waals surface area contributed by atoms with E-state index in [2.05, 4.69) is 14.8 Å². The molecule has 0 saturated carbocycles. The molecule has 2 saturated heterocycles. The van der Waals surface area contributed by atoms with Crippen molar-refractivity contribution in [1.82, 2.24) is 14.9 Å². The Hall–Kier alpha value is -3.18. The van der Waals surface area contributed by atoms with Crippen LogP contribution in [0.15, 0.2) is 16.9 Å². The number of anilines is 4. The van der Waals surface area contributed by atoms with E-state index < -0.39 is 5.41 Å². The van der Waals surface area contributed by atoms with Crippen LogP contribution in [0.4, 0.5) is 27.5 Å². The van der Waals surface area contributed by atoms with Gasteiger partial charge in [-0.3, -0.25) is 19.5 Å². The lowest BCUT2D eigenvalue weighted by Gasteiger charge is -2.39. The van der Waals surface area contributed by atoms with Crippen LogP contribution in [0.25, 0.3) is 0 Å². The van der Waals surface area contributed by atoms with Crippen molar-refractivity contribution in [3.8, 4) is 0 Å². The van der Waals surface area contributed by atoms with Gasteiger partial charge >= 0.3 is 0 Å². The first-order valence-corrected chi connectivity index (χ1v) is 14.0. The molecule has 1 aromatic carbocycles. The molecule has 1 aromatic heterocycles. The molecule has 0 atom stereocenters. The topological polar surface area (TPSA) is 88.2 Å². The molecule has 0 unspecified atom stereocenters. The van der Waals surface area contributed by atoms with Crippen LogP contribution in [0, 0.1) is 5.82 Å². The summed E-state index contributed by atoms with van der Waals surface area (Å²) in [4.78, 5) is 44.5. The normalized spacial score (nSPS) is 21.1. The Labute approximate surface area is 228 Å². The van der Waals surface area contributed by atoms with Crippen molar-refractivity contribution in [3.05, 3.63) is 39.4 Å². The average Bonchev–Trinajstić information content (AvgIpc) is 3.15. The number of halogens is 1. The van der Waals surface area contributed by atoms with Gasteiger partial charge in [0, 0.05) is 84.8 Å². The lowest BCUT2D eigenvalue weighted by Crippen LogP contribution is -2.49. The van der Waals surface area contributed by atoms with E-state index in [-0.39, 0.29) is 17.3 Å². The maximum Gasteiger partial charge on any atom is 0.257 e. The fourth-order valence-corrected chi connectivity index (χ4v) is 6.81. The standard InChI is InChI=1S/C28H38FN7O3/c1-32-8-4-5-20-24(32)30-27(31-25(20)37)36-9-6-28(7-10-36)23-21(29)17-19(18-22(23)33(2)26(28)38)35-13-11-34(12-14-35)15-16-39-3/h17-18H,4-16H2,1-3H3,(H,30,31,37). The molecular weight excluding hydrogens is 501 g/mol. The quantitative estimate of drug-likeness (QED) is 0.613. The Bertz CT molecular complexity index is 1310. The van der Waals surface area contributed by atoms with E-state index in [0.717, 1.165) is 69.2 Å². The number of aromatic amines is 1. The number of likely N-dealkylation sites (N-methyl/N-ethyl adjacent to an activating group) is 1. The number of aromatic nitrogens is 2. The van der Waals surface area contributed by atoms with Crippen molar-refractivity contribution in [3.63, 3.8) is 0 Å². The highest BCUT2D eigenvalue weighted by Crippen LogP contribution is 2.50.